The van der Waals surface area contributed by atoms with Gasteiger partial charge in [0, 0.05) is 37.6 Å². The van der Waals surface area contributed by atoms with E-state index in [2.05, 4.69) is 5.32 Å². The average molecular weight is 413 g/mol. The third kappa shape index (κ3) is 5.25. The Labute approximate surface area is 174 Å². The van der Waals surface area contributed by atoms with Crippen molar-refractivity contribution in [3.63, 3.8) is 0 Å². The van der Waals surface area contributed by atoms with E-state index in [9.17, 15) is 19.2 Å². The number of piperidine rings is 1. The molecule has 1 aliphatic rings. The molecule has 1 N–H and O–H groups in total. The second-order valence-electron chi connectivity index (χ2n) is 7.37. The van der Waals surface area contributed by atoms with Gasteiger partial charge in [-0.05, 0) is 37.3 Å². The van der Waals surface area contributed by atoms with Gasteiger partial charge in [-0.3, -0.25) is 19.2 Å². The van der Waals surface area contributed by atoms with Crippen LogP contribution < -0.4 is 10.9 Å². The molecule has 30 heavy (non-hydrogen) atoms. The second kappa shape index (κ2) is 10.0. The van der Waals surface area contributed by atoms with Gasteiger partial charge in [0.1, 0.15) is 6.54 Å². The minimum Gasteiger partial charge on any atom is -0.466 e. The predicted octanol–water partition coefficient (Wildman–Crippen LogP) is 1.31. The molecule has 1 aliphatic heterocycles. The topological polar surface area (TPSA) is 97.7 Å². The van der Waals surface area contributed by atoms with Gasteiger partial charge in [-0.1, -0.05) is 18.2 Å². The number of hydrogen-bond donors (Lipinski definition) is 1. The zero-order valence-electron chi connectivity index (χ0n) is 17.1. The number of pyridine rings is 1. The lowest BCUT2D eigenvalue weighted by molar-refractivity contribution is -0.151. The summed E-state index contributed by atoms with van der Waals surface area (Å²) >= 11 is 0. The smallest absolute Gasteiger partial charge is 0.310 e. The Bertz CT molecular complexity index is 984. The Morgan fingerprint density at radius 1 is 1.20 bits per heavy atom. The van der Waals surface area contributed by atoms with E-state index in [-0.39, 0.29) is 48.8 Å². The van der Waals surface area contributed by atoms with Crippen LogP contribution in [-0.2, 0) is 25.7 Å². The summed E-state index contributed by atoms with van der Waals surface area (Å²) in [4.78, 5) is 50.7. The minimum absolute atomic E-state index is 0.104. The molecule has 2 aromatic rings. The normalized spacial score (nSPS) is 16.3. The number of aromatic nitrogens is 1. The van der Waals surface area contributed by atoms with E-state index in [4.69, 9.17) is 4.74 Å². The number of nitrogens with one attached hydrogen (secondary N) is 1. The number of likely N-dealkylation sites (tertiary alicyclic amines) is 1. The second-order valence-corrected chi connectivity index (χ2v) is 7.37. The van der Waals surface area contributed by atoms with E-state index in [1.165, 1.54) is 4.57 Å². The summed E-state index contributed by atoms with van der Waals surface area (Å²) in [5, 5.41) is 4.08. The van der Waals surface area contributed by atoms with Gasteiger partial charge < -0.3 is 19.5 Å². The van der Waals surface area contributed by atoms with E-state index in [1.54, 1.807) is 36.2 Å². The molecule has 2 amide bonds. The van der Waals surface area contributed by atoms with E-state index in [0.29, 0.717) is 25.1 Å². The van der Waals surface area contributed by atoms with Gasteiger partial charge in [-0.25, -0.2) is 0 Å². The summed E-state index contributed by atoms with van der Waals surface area (Å²) in [6, 6.07) is 9.01. The van der Waals surface area contributed by atoms with E-state index in [1.807, 2.05) is 12.1 Å². The lowest BCUT2D eigenvalue weighted by Crippen LogP contribution is -2.44. The Kier molecular flexibility index (Phi) is 7.21. The lowest BCUT2D eigenvalue weighted by Gasteiger charge is -2.31. The lowest BCUT2D eigenvalue weighted by atomic mass is 9.98. The molecular formula is C22H27N3O5. The molecule has 0 unspecified atom stereocenters. The average Bonchev–Trinajstić information content (AvgIpc) is 2.76. The van der Waals surface area contributed by atoms with Crippen molar-refractivity contribution in [2.45, 2.75) is 32.7 Å². The molecule has 8 heteroatoms. The molecular weight excluding hydrogens is 386 g/mol. The zero-order chi connectivity index (χ0) is 21.5. The molecule has 0 spiro atoms. The maximum absolute atomic E-state index is 12.5. The molecule has 0 radical (unpaired) electrons. The Hall–Kier alpha value is -3.16. The molecule has 1 atom stereocenters. The molecule has 0 saturated carbocycles. The van der Waals surface area contributed by atoms with Gasteiger partial charge >= 0.3 is 5.97 Å². The van der Waals surface area contributed by atoms with E-state index in [0.717, 1.165) is 18.2 Å². The van der Waals surface area contributed by atoms with Crippen LogP contribution in [0, 0.1) is 5.92 Å². The van der Waals surface area contributed by atoms with E-state index >= 15 is 0 Å². The van der Waals surface area contributed by atoms with Gasteiger partial charge in [-0.15, -0.1) is 0 Å². The quantitative estimate of drug-likeness (QED) is 0.691. The van der Waals surface area contributed by atoms with Crippen molar-refractivity contribution in [1.29, 1.82) is 0 Å². The van der Waals surface area contributed by atoms with Crippen LogP contribution in [0.3, 0.4) is 0 Å². The minimum atomic E-state index is -0.330. The first-order valence-corrected chi connectivity index (χ1v) is 10.3. The van der Waals surface area contributed by atoms with Gasteiger partial charge in [0.2, 0.25) is 11.8 Å². The van der Waals surface area contributed by atoms with Crippen molar-refractivity contribution in [2.24, 2.45) is 5.92 Å². The van der Waals surface area contributed by atoms with Gasteiger partial charge in [-0.2, -0.15) is 0 Å². The predicted molar refractivity (Wildman–Crippen MR) is 112 cm³/mol. The highest BCUT2D eigenvalue weighted by atomic mass is 16.5. The van der Waals surface area contributed by atoms with Crippen molar-refractivity contribution in [3.8, 4) is 0 Å². The zero-order valence-corrected chi connectivity index (χ0v) is 17.1. The summed E-state index contributed by atoms with van der Waals surface area (Å²) < 4.78 is 6.41. The molecule has 1 saturated heterocycles. The van der Waals surface area contributed by atoms with Crippen LogP contribution in [-0.4, -0.2) is 53.5 Å². The van der Waals surface area contributed by atoms with Crippen molar-refractivity contribution < 1.29 is 19.1 Å². The van der Waals surface area contributed by atoms with Crippen LogP contribution in [0.4, 0.5) is 0 Å². The number of nitrogens with zero attached hydrogens (tertiary/aromatic N) is 2. The first kappa shape index (κ1) is 21.5. The number of fused-ring (bicyclic) bond motifs is 1. The fourth-order valence-electron chi connectivity index (χ4n) is 3.69. The number of amides is 2. The maximum atomic E-state index is 12.5. The third-order valence-corrected chi connectivity index (χ3v) is 5.26. The molecule has 0 bridgehead atoms. The number of hydrogen-bond acceptors (Lipinski definition) is 5. The standard InChI is InChI=1S/C22H27N3O5/c1-2-30-22(29)17-7-5-12-24(14-17)20(27)9-11-23-19(26)15-25-13-10-16-6-3-4-8-18(16)21(25)28/h3-4,6,8,10,13,17H,2,5,7,9,11-12,14-15H2,1H3,(H,23,26)/t17-/m1/s1. The largest absolute Gasteiger partial charge is 0.466 e. The maximum Gasteiger partial charge on any atom is 0.310 e. The molecule has 8 nitrogen and oxygen atoms in total. The monoisotopic (exact) mass is 413 g/mol. The summed E-state index contributed by atoms with van der Waals surface area (Å²) in [7, 11) is 0. The molecule has 160 valence electrons. The van der Waals surface area contributed by atoms with Crippen molar-refractivity contribution >= 4 is 28.6 Å². The van der Waals surface area contributed by atoms with Crippen molar-refractivity contribution in [2.75, 3.05) is 26.2 Å². The highest BCUT2D eigenvalue weighted by Gasteiger charge is 2.29. The molecule has 0 aliphatic carbocycles. The van der Waals surface area contributed by atoms with Crippen LogP contribution in [0.25, 0.3) is 10.8 Å². The van der Waals surface area contributed by atoms with Crippen molar-refractivity contribution in [3.05, 3.63) is 46.9 Å². The van der Waals surface area contributed by atoms with E-state index < -0.39 is 0 Å². The van der Waals surface area contributed by atoms with Crippen molar-refractivity contribution in [1.82, 2.24) is 14.8 Å². The molecule has 2 heterocycles. The molecule has 1 aromatic heterocycles. The Morgan fingerprint density at radius 3 is 2.80 bits per heavy atom. The van der Waals surface area contributed by atoms with Crippen LogP contribution in [0.15, 0.2) is 41.3 Å². The number of esters is 1. The SMILES string of the molecule is CCOC(=O)[C@@H]1CCCN(C(=O)CCNC(=O)Cn2ccc3ccccc3c2=O)C1. The highest BCUT2D eigenvalue weighted by molar-refractivity contribution is 5.82. The number of benzene rings is 1. The summed E-state index contributed by atoms with van der Waals surface area (Å²) in [5.74, 6) is -0.975. The highest BCUT2D eigenvalue weighted by Crippen LogP contribution is 2.18. The van der Waals surface area contributed by atoms with Crippen LogP contribution >= 0.6 is 0 Å². The number of ether oxygens (including phenoxy) is 1. The number of carbonyl (C=O) groups is 3. The Balaban J connectivity index is 1.47. The van der Waals surface area contributed by atoms with Gasteiger partial charge in [0.25, 0.3) is 5.56 Å². The third-order valence-electron chi connectivity index (χ3n) is 5.26. The fourth-order valence-corrected chi connectivity index (χ4v) is 3.69. The van der Waals surface area contributed by atoms with Gasteiger partial charge in [0.15, 0.2) is 0 Å². The molecule has 1 aromatic carbocycles. The summed E-state index contributed by atoms with van der Waals surface area (Å²) in [6.07, 6.45) is 3.22. The summed E-state index contributed by atoms with van der Waals surface area (Å²) in [6.45, 7) is 3.13. The van der Waals surface area contributed by atoms with Crippen LogP contribution in [0.5, 0.6) is 0 Å². The molecule has 3 rings (SSSR count). The van der Waals surface area contributed by atoms with Crippen LogP contribution in [0.2, 0.25) is 0 Å². The molecule has 1 fully saturated rings. The number of rotatable bonds is 7. The Morgan fingerprint density at radius 2 is 2.00 bits per heavy atom. The van der Waals surface area contributed by atoms with Crippen LogP contribution in [0.1, 0.15) is 26.2 Å². The first-order valence-electron chi connectivity index (χ1n) is 10.3. The fraction of sp³-hybridized carbons (Fsp3) is 0.455. The first-order chi connectivity index (χ1) is 14.5. The summed E-state index contributed by atoms with van der Waals surface area (Å²) in [5.41, 5.74) is -0.224. The number of carbonyl (C=O) groups excluding carboxylic acids is 3. The van der Waals surface area contributed by atoms with Gasteiger partial charge in [0.05, 0.1) is 12.5 Å².